The molecule has 1 heterocycles. The number of nitrogens with zero attached hydrogens (tertiary/aromatic N) is 1. The second-order valence-corrected chi connectivity index (χ2v) is 14.3. The quantitative estimate of drug-likeness (QED) is 0.114. The lowest BCUT2D eigenvalue weighted by Gasteiger charge is -2.28. The molecule has 5 aromatic carbocycles. The van der Waals surface area contributed by atoms with Gasteiger partial charge in [-0.1, -0.05) is 66.7 Å². The van der Waals surface area contributed by atoms with Crippen molar-refractivity contribution in [2.45, 2.75) is 37.7 Å². The first-order valence-electron chi connectivity index (χ1n) is 16.4. The standard InChI is InChI=1S/C40H39FNO8P/c1-46-33-18-16-32(17-19-33)42-39(37(50-40(42)44)24-23-36(43)29-9-14-31(41)15-10-29)35-22-13-30(25-38(35)49-26-27-7-5-4-6-8-27)28-11-20-34(21-12-28)51(45,47-2)48-3/h4-22,25,36-37,39,43H,23-24,26H2,1-3H3/t36-,37+,39+/m0/s1. The number of cyclic esters (lactones) is 1. The third kappa shape index (κ3) is 8.00. The van der Waals surface area contributed by atoms with Crippen molar-refractivity contribution in [1.82, 2.24) is 0 Å². The third-order valence-corrected chi connectivity index (χ3v) is 10.9. The van der Waals surface area contributed by atoms with Gasteiger partial charge in [-0.05, 0) is 89.7 Å². The normalized spacial score (nSPS) is 16.5. The number of aliphatic hydroxyl groups is 1. The number of amides is 1. The Morgan fingerprint density at radius 1 is 0.843 bits per heavy atom. The van der Waals surface area contributed by atoms with Gasteiger partial charge in [0.1, 0.15) is 36.1 Å². The number of carbonyl (C=O) groups is 1. The van der Waals surface area contributed by atoms with Gasteiger partial charge in [-0.15, -0.1) is 0 Å². The molecule has 3 atom stereocenters. The first-order valence-corrected chi connectivity index (χ1v) is 18.0. The summed E-state index contributed by atoms with van der Waals surface area (Å²) in [6, 6.07) is 34.8. The summed E-state index contributed by atoms with van der Waals surface area (Å²) in [6.45, 7) is 0.263. The van der Waals surface area contributed by atoms with E-state index in [4.69, 9.17) is 23.3 Å². The molecule has 1 N–H and O–H groups in total. The molecule has 0 aliphatic carbocycles. The van der Waals surface area contributed by atoms with Crippen LogP contribution in [-0.2, 0) is 25.0 Å². The van der Waals surface area contributed by atoms with Gasteiger partial charge in [0.05, 0.1) is 18.5 Å². The smallest absolute Gasteiger partial charge is 0.415 e. The summed E-state index contributed by atoms with van der Waals surface area (Å²) >= 11 is 0. The zero-order valence-corrected chi connectivity index (χ0v) is 29.4. The lowest BCUT2D eigenvalue weighted by atomic mass is 9.92. The van der Waals surface area contributed by atoms with E-state index in [0.29, 0.717) is 40.0 Å². The topological polar surface area (TPSA) is 104 Å². The second-order valence-electron chi connectivity index (χ2n) is 12.0. The van der Waals surface area contributed by atoms with Crippen molar-refractivity contribution >= 4 is 24.7 Å². The third-order valence-electron chi connectivity index (χ3n) is 8.98. The molecule has 264 valence electrons. The number of hydrogen-bond donors (Lipinski definition) is 1. The second kappa shape index (κ2) is 15.9. The van der Waals surface area contributed by atoms with Gasteiger partial charge < -0.3 is 28.4 Å². The largest absolute Gasteiger partial charge is 0.497 e. The van der Waals surface area contributed by atoms with E-state index < -0.39 is 37.8 Å². The summed E-state index contributed by atoms with van der Waals surface area (Å²) in [5, 5.41) is 11.4. The average molecular weight is 712 g/mol. The number of anilines is 1. The first-order chi connectivity index (χ1) is 24.7. The van der Waals surface area contributed by atoms with Crippen LogP contribution < -0.4 is 19.7 Å². The molecule has 1 saturated heterocycles. The predicted octanol–water partition coefficient (Wildman–Crippen LogP) is 8.77. The molecule has 1 fully saturated rings. The number of aliphatic hydroxyl groups excluding tert-OH is 1. The van der Waals surface area contributed by atoms with Crippen LogP contribution in [0.5, 0.6) is 11.5 Å². The Labute approximate surface area is 296 Å². The zero-order chi connectivity index (χ0) is 36.0. The van der Waals surface area contributed by atoms with Crippen molar-refractivity contribution in [2.75, 3.05) is 26.2 Å². The van der Waals surface area contributed by atoms with Crippen molar-refractivity contribution in [3.05, 3.63) is 144 Å². The minimum atomic E-state index is -3.43. The van der Waals surface area contributed by atoms with Gasteiger partial charge in [0.2, 0.25) is 0 Å². The molecule has 5 aromatic rings. The van der Waals surface area contributed by atoms with E-state index in [1.54, 1.807) is 60.5 Å². The van der Waals surface area contributed by atoms with Crippen LogP contribution in [0.15, 0.2) is 121 Å². The van der Waals surface area contributed by atoms with E-state index in [2.05, 4.69) is 0 Å². The molecule has 1 aliphatic rings. The Morgan fingerprint density at radius 3 is 2.16 bits per heavy atom. The van der Waals surface area contributed by atoms with Gasteiger partial charge in [-0.25, -0.2) is 9.18 Å². The highest BCUT2D eigenvalue weighted by Crippen LogP contribution is 2.46. The summed E-state index contributed by atoms with van der Waals surface area (Å²) in [5.74, 6) is 0.778. The monoisotopic (exact) mass is 711 g/mol. The average Bonchev–Trinajstić information content (AvgIpc) is 3.51. The lowest BCUT2D eigenvalue weighted by molar-refractivity contribution is 0.100. The van der Waals surface area contributed by atoms with Crippen molar-refractivity contribution in [2.24, 2.45) is 0 Å². The molecule has 0 saturated carbocycles. The van der Waals surface area contributed by atoms with Gasteiger partial charge >= 0.3 is 13.7 Å². The minimum absolute atomic E-state index is 0.258. The summed E-state index contributed by atoms with van der Waals surface area (Å²) in [4.78, 5) is 15.3. The highest BCUT2D eigenvalue weighted by Gasteiger charge is 2.45. The summed E-state index contributed by atoms with van der Waals surface area (Å²) < 4.78 is 54.8. The molecule has 1 aliphatic heterocycles. The van der Waals surface area contributed by atoms with Crippen molar-refractivity contribution in [1.29, 1.82) is 0 Å². The Kier molecular flexibility index (Phi) is 11.2. The number of halogens is 1. The van der Waals surface area contributed by atoms with Crippen LogP contribution in [0.4, 0.5) is 14.9 Å². The predicted molar refractivity (Wildman–Crippen MR) is 193 cm³/mol. The van der Waals surface area contributed by atoms with Gasteiger partial charge in [0.15, 0.2) is 0 Å². The molecule has 0 bridgehead atoms. The van der Waals surface area contributed by atoms with E-state index >= 15 is 0 Å². The molecule has 0 radical (unpaired) electrons. The van der Waals surface area contributed by atoms with Crippen molar-refractivity contribution in [3.63, 3.8) is 0 Å². The van der Waals surface area contributed by atoms with Crippen LogP contribution in [0.3, 0.4) is 0 Å². The zero-order valence-electron chi connectivity index (χ0n) is 28.5. The molecular formula is C40H39FNO8P. The van der Waals surface area contributed by atoms with Gasteiger partial charge in [0.25, 0.3) is 0 Å². The molecule has 0 aromatic heterocycles. The Bertz CT molecular complexity index is 1970. The number of carbonyl (C=O) groups excluding carboxylic acids is 1. The molecular weight excluding hydrogens is 672 g/mol. The Balaban J connectivity index is 1.40. The number of benzene rings is 5. The van der Waals surface area contributed by atoms with Crippen LogP contribution >= 0.6 is 7.60 Å². The SMILES string of the molecule is COc1ccc(N2C(=O)O[C@H](CC[C@H](O)c3ccc(F)cc3)[C@H]2c2ccc(-c3ccc(P(=O)(OC)OC)cc3)cc2OCc2ccccc2)cc1. The van der Waals surface area contributed by atoms with Crippen LogP contribution in [0.25, 0.3) is 11.1 Å². The maximum absolute atomic E-state index is 13.7. The molecule has 51 heavy (non-hydrogen) atoms. The van der Waals surface area contributed by atoms with Crippen LogP contribution in [0.2, 0.25) is 0 Å². The lowest BCUT2D eigenvalue weighted by Crippen LogP contribution is -2.30. The fourth-order valence-electron chi connectivity index (χ4n) is 6.21. The van der Waals surface area contributed by atoms with Gasteiger partial charge in [-0.3, -0.25) is 9.46 Å². The summed E-state index contributed by atoms with van der Waals surface area (Å²) in [7, 11) is 0.831. The fraction of sp³-hybridized carbons (Fsp3) is 0.225. The van der Waals surface area contributed by atoms with Crippen molar-refractivity contribution < 1.29 is 42.1 Å². The maximum Gasteiger partial charge on any atom is 0.415 e. The highest BCUT2D eigenvalue weighted by molar-refractivity contribution is 7.62. The Morgan fingerprint density at radius 2 is 1.51 bits per heavy atom. The van der Waals surface area contributed by atoms with E-state index in [9.17, 15) is 18.9 Å². The van der Waals surface area contributed by atoms with Crippen LogP contribution in [-0.4, -0.2) is 38.6 Å². The summed E-state index contributed by atoms with van der Waals surface area (Å²) in [5.41, 5.74) is 4.48. The first kappa shape index (κ1) is 35.8. The molecule has 9 nitrogen and oxygen atoms in total. The Hall–Kier alpha value is -4.99. The van der Waals surface area contributed by atoms with E-state index in [1.165, 1.54) is 26.4 Å². The highest BCUT2D eigenvalue weighted by atomic mass is 31.2. The van der Waals surface area contributed by atoms with E-state index in [0.717, 1.165) is 16.7 Å². The summed E-state index contributed by atoms with van der Waals surface area (Å²) in [6.07, 6.45) is -1.54. The molecule has 11 heteroatoms. The number of rotatable bonds is 14. The number of hydrogen-bond acceptors (Lipinski definition) is 8. The fourth-order valence-corrected chi connectivity index (χ4v) is 7.29. The molecule has 0 unspecified atom stereocenters. The van der Waals surface area contributed by atoms with Crippen LogP contribution in [0.1, 0.15) is 41.7 Å². The molecule has 0 spiro atoms. The van der Waals surface area contributed by atoms with E-state index in [-0.39, 0.29) is 13.0 Å². The van der Waals surface area contributed by atoms with E-state index in [1.807, 2.05) is 60.7 Å². The number of methoxy groups -OCH3 is 1. The van der Waals surface area contributed by atoms with Crippen LogP contribution in [0, 0.1) is 5.82 Å². The van der Waals surface area contributed by atoms with Gasteiger partial charge in [-0.2, -0.15) is 0 Å². The molecule has 6 rings (SSSR count). The van der Waals surface area contributed by atoms with Crippen molar-refractivity contribution in [3.8, 4) is 22.6 Å². The van der Waals surface area contributed by atoms with Gasteiger partial charge in [0, 0.05) is 25.5 Å². The maximum atomic E-state index is 13.7. The minimum Gasteiger partial charge on any atom is -0.497 e. The molecule has 1 amide bonds. The number of ether oxygens (including phenoxy) is 3.